The summed E-state index contributed by atoms with van der Waals surface area (Å²) in [5, 5.41) is 0. The third-order valence-electron chi connectivity index (χ3n) is 2.27. The minimum atomic E-state index is -1.16. The molecule has 1 rings (SSSR count). The second kappa shape index (κ2) is 4.73. The first-order chi connectivity index (χ1) is 7.76. The summed E-state index contributed by atoms with van der Waals surface area (Å²) in [6.07, 6.45) is -0.516. The Labute approximate surface area is 99.9 Å². The van der Waals surface area contributed by atoms with Crippen molar-refractivity contribution in [2.24, 2.45) is 0 Å². The molecule has 6 nitrogen and oxygen atoms in total. The maximum absolute atomic E-state index is 11.8. The Kier molecular flexibility index (Phi) is 3.75. The van der Waals surface area contributed by atoms with E-state index in [0.29, 0.717) is 0 Å². The molecular weight excluding hydrogens is 226 g/mol. The number of likely N-dealkylation sites (tertiary alicyclic amines) is 1. The highest BCUT2D eigenvalue weighted by molar-refractivity contribution is 6.07. The van der Waals surface area contributed by atoms with Crippen LogP contribution in [-0.2, 0) is 19.1 Å². The van der Waals surface area contributed by atoms with Gasteiger partial charge in [-0.1, -0.05) is 0 Å². The molecule has 1 heterocycles. The average molecular weight is 243 g/mol. The predicted molar refractivity (Wildman–Crippen MR) is 58.4 cm³/mol. The number of hydrogen-bond acceptors (Lipinski definition) is 5. The standard InChI is InChI=1S/C11H17NO5/c1-11(2,3)17-10(15)12-6-5-7(13)8(12)9(14)16-4/h8H,5-6H2,1-4H3. The molecule has 0 aromatic carbocycles. The molecule has 0 aromatic heterocycles. The quantitative estimate of drug-likeness (QED) is 0.501. The smallest absolute Gasteiger partial charge is 0.411 e. The number of methoxy groups -OCH3 is 1. The van der Waals surface area contributed by atoms with Crippen LogP contribution in [-0.4, -0.2) is 48.0 Å². The lowest BCUT2D eigenvalue weighted by Crippen LogP contribution is -2.46. The Hall–Kier alpha value is -1.59. The fourth-order valence-corrected chi connectivity index (χ4v) is 1.56. The van der Waals surface area contributed by atoms with Crippen LogP contribution in [0.25, 0.3) is 0 Å². The molecule has 0 saturated carbocycles. The van der Waals surface area contributed by atoms with Gasteiger partial charge in [-0.05, 0) is 20.8 Å². The highest BCUT2D eigenvalue weighted by Crippen LogP contribution is 2.19. The SMILES string of the molecule is COC(=O)C1C(=O)CCN1C(=O)OC(C)(C)C. The van der Waals surface area contributed by atoms with E-state index in [1.807, 2.05) is 0 Å². The number of ether oxygens (including phenoxy) is 2. The van der Waals surface area contributed by atoms with Gasteiger partial charge in [-0.3, -0.25) is 9.69 Å². The number of esters is 1. The van der Waals surface area contributed by atoms with Crippen LogP contribution in [0.1, 0.15) is 27.2 Å². The molecule has 1 unspecified atom stereocenters. The van der Waals surface area contributed by atoms with Crippen molar-refractivity contribution < 1.29 is 23.9 Å². The molecule has 1 amide bonds. The van der Waals surface area contributed by atoms with E-state index in [9.17, 15) is 14.4 Å². The van der Waals surface area contributed by atoms with Crippen LogP contribution in [0.15, 0.2) is 0 Å². The van der Waals surface area contributed by atoms with Crippen molar-refractivity contribution >= 4 is 17.8 Å². The second-order valence-electron chi connectivity index (χ2n) is 4.82. The monoisotopic (exact) mass is 243 g/mol. The van der Waals surface area contributed by atoms with Gasteiger partial charge in [0.1, 0.15) is 5.60 Å². The second-order valence-corrected chi connectivity index (χ2v) is 4.82. The molecule has 0 N–H and O–H groups in total. The first kappa shape index (κ1) is 13.5. The minimum Gasteiger partial charge on any atom is -0.467 e. The number of carbonyl (C=O) groups excluding carboxylic acids is 3. The maximum Gasteiger partial charge on any atom is 0.411 e. The van der Waals surface area contributed by atoms with E-state index >= 15 is 0 Å². The average Bonchev–Trinajstić information content (AvgIpc) is 2.56. The Morgan fingerprint density at radius 3 is 2.41 bits per heavy atom. The van der Waals surface area contributed by atoms with Crippen LogP contribution < -0.4 is 0 Å². The van der Waals surface area contributed by atoms with Crippen molar-refractivity contribution in [3.05, 3.63) is 0 Å². The molecule has 6 heteroatoms. The zero-order valence-electron chi connectivity index (χ0n) is 10.5. The first-order valence-electron chi connectivity index (χ1n) is 5.36. The molecule has 0 aliphatic carbocycles. The maximum atomic E-state index is 11.8. The van der Waals surface area contributed by atoms with Crippen LogP contribution in [0.3, 0.4) is 0 Å². The van der Waals surface area contributed by atoms with Crippen molar-refractivity contribution in [3.8, 4) is 0 Å². The fraction of sp³-hybridized carbons (Fsp3) is 0.727. The molecule has 1 aliphatic heterocycles. The van der Waals surface area contributed by atoms with Crippen LogP contribution >= 0.6 is 0 Å². The predicted octanol–water partition coefficient (Wildman–Crippen LogP) is 0.738. The topological polar surface area (TPSA) is 72.9 Å². The summed E-state index contributed by atoms with van der Waals surface area (Å²) in [5.74, 6) is -1.04. The van der Waals surface area contributed by atoms with Gasteiger partial charge >= 0.3 is 12.1 Å². The van der Waals surface area contributed by atoms with Crippen LogP contribution in [0, 0.1) is 0 Å². The summed E-state index contributed by atoms with van der Waals surface area (Å²) < 4.78 is 9.63. The minimum absolute atomic E-state index is 0.152. The third-order valence-corrected chi connectivity index (χ3v) is 2.27. The lowest BCUT2D eigenvalue weighted by atomic mass is 10.2. The molecule has 96 valence electrons. The first-order valence-corrected chi connectivity index (χ1v) is 5.36. The Morgan fingerprint density at radius 1 is 1.35 bits per heavy atom. The van der Waals surface area contributed by atoms with E-state index in [2.05, 4.69) is 4.74 Å². The van der Waals surface area contributed by atoms with E-state index in [-0.39, 0.29) is 18.7 Å². The largest absolute Gasteiger partial charge is 0.467 e. The van der Waals surface area contributed by atoms with Crippen LogP contribution in [0.5, 0.6) is 0 Å². The summed E-state index contributed by atoms with van der Waals surface area (Å²) in [4.78, 5) is 35.8. The van der Waals surface area contributed by atoms with E-state index in [1.165, 1.54) is 7.11 Å². The number of amides is 1. The summed E-state index contributed by atoms with van der Waals surface area (Å²) in [7, 11) is 1.18. The number of hydrogen-bond donors (Lipinski definition) is 0. The van der Waals surface area contributed by atoms with Crippen LogP contribution in [0.2, 0.25) is 0 Å². The van der Waals surface area contributed by atoms with Gasteiger partial charge in [0.25, 0.3) is 0 Å². The highest BCUT2D eigenvalue weighted by Gasteiger charge is 2.43. The van der Waals surface area contributed by atoms with E-state index in [0.717, 1.165) is 4.90 Å². The zero-order valence-corrected chi connectivity index (χ0v) is 10.5. The fourth-order valence-electron chi connectivity index (χ4n) is 1.56. The zero-order chi connectivity index (χ0) is 13.2. The molecule has 17 heavy (non-hydrogen) atoms. The summed E-state index contributed by atoms with van der Waals surface area (Å²) >= 11 is 0. The molecule has 0 spiro atoms. The van der Waals surface area contributed by atoms with Crippen LogP contribution in [0.4, 0.5) is 4.79 Å². The van der Waals surface area contributed by atoms with Crippen molar-refractivity contribution in [2.45, 2.75) is 38.8 Å². The third kappa shape index (κ3) is 3.18. The van der Waals surface area contributed by atoms with Crippen molar-refractivity contribution in [1.29, 1.82) is 0 Å². The molecule has 0 bridgehead atoms. The number of rotatable bonds is 1. The van der Waals surface area contributed by atoms with E-state index < -0.39 is 23.7 Å². The molecule has 0 aromatic rings. The number of ketones is 1. The van der Waals surface area contributed by atoms with Gasteiger partial charge in [0.2, 0.25) is 0 Å². The Bertz CT molecular complexity index is 344. The van der Waals surface area contributed by atoms with Gasteiger partial charge in [0.15, 0.2) is 11.8 Å². The number of Topliss-reactive ketones (excluding diaryl/α,β-unsaturated/α-hetero) is 1. The lowest BCUT2D eigenvalue weighted by Gasteiger charge is -2.26. The molecule has 1 saturated heterocycles. The van der Waals surface area contributed by atoms with Gasteiger partial charge in [-0.2, -0.15) is 0 Å². The normalized spacial score (nSPS) is 20.4. The summed E-state index contributed by atoms with van der Waals surface area (Å²) in [6.45, 7) is 5.34. The van der Waals surface area contributed by atoms with E-state index in [1.54, 1.807) is 20.8 Å². The molecule has 1 aliphatic rings. The van der Waals surface area contributed by atoms with Gasteiger partial charge in [0.05, 0.1) is 7.11 Å². The molecular formula is C11H17NO5. The van der Waals surface area contributed by atoms with Crippen molar-refractivity contribution in [3.63, 3.8) is 0 Å². The Balaban J connectivity index is 2.79. The summed E-state index contributed by atoms with van der Waals surface area (Å²) in [6, 6.07) is -1.16. The van der Waals surface area contributed by atoms with Gasteiger partial charge in [0, 0.05) is 13.0 Å². The van der Waals surface area contributed by atoms with Gasteiger partial charge in [-0.25, -0.2) is 9.59 Å². The van der Waals surface area contributed by atoms with E-state index in [4.69, 9.17) is 4.74 Å². The molecule has 1 atom stereocenters. The molecule has 0 radical (unpaired) electrons. The highest BCUT2D eigenvalue weighted by atomic mass is 16.6. The molecule has 1 fully saturated rings. The number of nitrogens with zero attached hydrogens (tertiary/aromatic N) is 1. The Morgan fingerprint density at radius 2 is 1.94 bits per heavy atom. The van der Waals surface area contributed by atoms with Crippen molar-refractivity contribution in [1.82, 2.24) is 4.90 Å². The van der Waals surface area contributed by atoms with Crippen molar-refractivity contribution in [2.75, 3.05) is 13.7 Å². The summed E-state index contributed by atoms with van der Waals surface area (Å²) in [5.41, 5.74) is -0.663. The lowest BCUT2D eigenvalue weighted by molar-refractivity contribution is -0.148. The number of carbonyl (C=O) groups is 3. The van der Waals surface area contributed by atoms with Gasteiger partial charge in [-0.15, -0.1) is 0 Å². The van der Waals surface area contributed by atoms with Gasteiger partial charge < -0.3 is 9.47 Å².